The van der Waals surface area contributed by atoms with Gasteiger partial charge in [-0.1, -0.05) is 67.6 Å². The molecule has 0 aliphatic carbocycles. The van der Waals surface area contributed by atoms with E-state index in [4.69, 9.17) is 0 Å². The number of Topliss-reactive ketones (excluding diaryl/α,β-unsaturated/α-hetero) is 1. The van der Waals surface area contributed by atoms with Crippen LogP contribution in [-0.2, 0) is 0 Å². The van der Waals surface area contributed by atoms with Gasteiger partial charge in [-0.2, -0.15) is 0 Å². The molecule has 2 heteroatoms. The van der Waals surface area contributed by atoms with Gasteiger partial charge in [-0.25, -0.2) is 0 Å². The van der Waals surface area contributed by atoms with E-state index in [0.717, 1.165) is 5.56 Å². The van der Waals surface area contributed by atoms with E-state index < -0.39 is 12.0 Å². The van der Waals surface area contributed by atoms with Crippen LogP contribution in [0.15, 0.2) is 60.7 Å². The Balaban J connectivity index is 2.37. The lowest BCUT2D eigenvalue weighted by atomic mass is 9.85. The van der Waals surface area contributed by atoms with Crippen LogP contribution in [-0.4, -0.2) is 17.0 Å². The smallest absolute Gasteiger partial charge is 0.172 e. The molecule has 0 aliphatic heterocycles. The largest absolute Gasteiger partial charge is 0.392 e. The second kappa shape index (κ2) is 6.30. The van der Waals surface area contributed by atoms with Crippen LogP contribution in [0.5, 0.6) is 0 Å². The molecule has 0 bridgehead atoms. The summed E-state index contributed by atoms with van der Waals surface area (Å²) in [4.78, 5) is 12.6. The molecule has 0 amide bonds. The number of benzene rings is 2. The monoisotopic (exact) mass is 254 g/mol. The number of carbonyl (C=O) groups excluding carboxylic acids is 1. The Morgan fingerprint density at radius 1 is 1.00 bits per heavy atom. The molecule has 0 aromatic heterocycles. The van der Waals surface area contributed by atoms with E-state index in [2.05, 4.69) is 0 Å². The first kappa shape index (κ1) is 13.5. The number of ketones is 1. The van der Waals surface area contributed by atoms with Gasteiger partial charge < -0.3 is 5.11 Å². The van der Waals surface area contributed by atoms with Crippen molar-refractivity contribution in [1.29, 1.82) is 0 Å². The Labute approximate surface area is 113 Å². The Morgan fingerprint density at radius 3 is 2.05 bits per heavy atom. The van der Waals surface area contributed by atoms with E-state index in [0.29, 0.717) is 12.0 Å². The standard InChI is InChI=1S/C17H18O2/c1-2-15(18)16(13-9-5-3-6-10-13)17(19)14-11-7-4-8-12-14/h3-12,15-16,18H,2H2,1H3/t15-,16-/m0/s1. The van der Waals surface area contributed by atoms with Gasteiger partial charge in [0.2, 0.25) is 0 Å². The average Bonchev–Trinajstić information content (AvgIpc) is 2.49. The van der Waals surface area contributed by atoms with Gasteiger partial charge in [0.1, 0.15) is 0 Å². The van der Waals surface area contributed by atoms with Gasteiger partial charge in [0.25, 0.3) is 0 Å². The van der Waals surface area contributed by atoms with Crippen molar-refractivity contribution >= 4 is 5.78 Å². The van der Waals surface area contributed by atoms with Crippen molar-refractivity contribution in [2.75, 3.05) is 0 Å². The first-order valence-corrected chi connectivity index (χ1v) is 6.56. The maximum Gasteiger partial charge on any atom is 0.172 e. The van der Waals surface area contributed by atoms with Crippen LogP contribution < -0.4 is 0 Å². The van der Waals surface area contributed by atoms with Crippen LogP contribution in [0.3, 0.4) is 0 Å². The van der Waals surface area contributed by atoms with Gasteiger partial charge in [0.15, 0.2) is 5.78 Å². The Bertz CT molecular complexity index is 519. The molecule has 0 heterocycles. The molecule has 0 saturated heterocycles. The Morgan fingerprint density at radius 2 is 1.53 bits per heavy atom. The lowest BCUT2D eigenvalue weighted by Gasteiger charge is -2.21. The molecule has 0 aliphatic rings. The van der Waals surface area contributed by atoms with Crippen molar-refractivity contribution in [2.24, 2.45) is 0 Å². The molecule has 2 aromatic rings. The van der Waals surface area contributed by atoms with Crippen molar-refractivity contribution in [3.63, 3.8) is 0 Å². The van der Waals surface area contributed by atoms with Crippen LogP contribution >= 0.6 is 0 Å². The minimum Gasteiger partial charge on any atom is -0.392 e. The summed E-state index contributed by atoms with van der Waals surface area (Å²) in [6.07, 6.45) is -0.104. The van der Waals surface area contributed by atoms with Gasteiger partial charge in [0, 0.05) is 5.56 Å². The maximum absolute atomic E-state index is 12.6. The molecule has 0 fully saturated rings. The third kappa shape index (κ3) is 3.09. The molecular formula is C17H18O2. The van der Waals surface area contributed by atoms with Crippen LogP contribution in [0.4, 0.5) is 0 Å². The molecule has 0 spiro atoms. The fourth-order valence-electron chi connectivity index (χ4n) is 2.23. The predicted octanol–water partition coefficient (Wildman–Crippen LogP) is 3.42. The van der Waals surface area contributed by atoms with Crippen molar-refractivity contribution in [1.82, 2.24) is 0 Å². The van der Waals surface area contributed by atoms with E-state index in [-0.39, 0.29) is 5.78 Å². The van der Waals surface area contributed by atoms with Crippen molar-refractivity contribution in [3.05, 3.63) is 71.8 Å². The highest BCUT2D eigenvalue weighted by molar-refractivity contribution is 6.01. The summed E-state index contributed by atoms with van der Waals surface area (Å²) >= 11 is 0. The number of aliphatic hydroxyl groups is 1. The zero-order chi connectivity index (χ0) is 13.7. The third-order valence-electron chi connectivity index (χ3n) is 3.30. The summed E-state index contributed by atoms with van der Waals surface area (Å²) in [6.45, 7) is 1.89. The van der Waals surface area contributed by atoms with Gasteiger partial charge in [-0.3, -0.25) is 4.79 Å². The van der Waals surface area contributed by atoms with E-state index in [9.17, 15) is 9.90 Å². The molecule has 19 heavy (non-hydrogen) atoms. The Kier molecular flexibility index (Phi) is 4.48. The molecule has 2 aromatic carbocycles. The minimum atomic E-state index is -0.657. The van der Waals surface area contributed by atoms with Gasteiger partial charge in [-0.05, 0) is 12.0 Å². The summed E-state index contributed by atoms with van der Waals surface area (Å²) in [5.41, 5.74) is 1.51. The lowest BCUT2D eigenvalue weighted by molar-refractivity contribution is 0.0803. The molecule has 2 rings (SSSR count). The first-order valence-electron chi connectivity index (χ1n) is 6.56. The normalized spacial score (nSPS) is 13.8. The molecule has 0 unspecified atom stereocenters. The van der Waals surface area contributed by atoms with Gasteiger partial charge in [0.05, 0.1) is 12.0 Å². The molecule has 1 N–H and O–H groups in total. The lowest BCUT2D eigenvalue weighted by Crippen LogP contribution is -2.25. The van der Waals surface area contributed by atoms with Crippen LogP contribution in [0.1, 0.15) is 35.2 Å². The SMILES string of the molecule is CC[C@H](O)[C@@H](C(=O)c1ccccc1)c1ccccc1. The second-order valence-electron chi connectivity index (χ2n) is 4.59. The third-order valence-corrected chi connectivity index (χ3v) is 3.30. The average molecular weight is 254 g/mol. The number of carbonyl (C=O) groups is 1. The van der Waals surface area contributed by atoms with Gasteiger partial charge >= 0.3 is 0 Å². The molecule has 0 radical (unpaired) electrons. The maximum atomic E-state index is 12.6. The number of aliphatic hydroxyl groups excluding tert-OH is 1. The number of hydrogen-bond donors (Lipinski definition) is 1. The zero-order valence-electron chi connectivity index (χ0n) is 11.0. The van der Waals surface area contributed by atoms with E-state index in [1.807, 2.05) is 55.5 Å². The minimum absolute atomic E-state index is 0.0267. The number of rotatable bonds is 5. The van der Waals surface area contributed by atoms with Crippen LogP contribution in [0.2, 0.25) is 0 Å². The highest BCUT2D eigenvalue weighted by Gasteiger charge is 2.27. The molecule has 98 valence electrons. The zero-order valence-corrected chi connectivity index (χ0v) is 11.0. The van der Waals surface area contributed by atoms with Crippen molar-refractivity contribution < 1.29 is 9.90 Å². The van der Waals surface area contributed by atoms with Crippen LogP contribution in [0.25, 0.3) is 0 Å². The van der Waals surface area contributed by atoms with Crippen LogP contribution in [0, 0.1) is 0 Å². The predicted molar refractivity (Wildman–Crippen MR) is 76.3 cm³/mol. The fourth-order valence-corrected chi connectivity index (χ4v) is 2.23. The molecule has 0 saturated carbocycles. The fraction of sp³-hybridized carbons (Fsp3) is 0.235. The summed E-state index contributed by atoms with van der Waals surface area (Å²) in [7, 11) is 0. The summed E-state index contributed by atoms with van der Waals surface area (Å²) < 4.78 is 0. The molecular weight excluding hydrogens is 236 g/mol. The topological polar surface area (TPSA) is 37.3 Å². The first-order chi connectivity index (χ1) is 9.24. The summed E-state index contributed by atoms with van der Waals surface area (Å²) in [5, 5.41) is 10.2. The Hall–Kier alpha value is -1.93. The highest BCUT2D eigenvalue weighted by atomic mass is 16.3. The summed E-state index contributed by atoms with van der Waals surface area (Å²) in [6, 6.07) is 18.6. The summed E-state index contributed by atoms with van der Waals surface area (Å²) in [5.74, 6) is -0.519. The number of hydrogen-bond acceptors (Lipinski definition) is 2. The van der Waals surface area contributed by atoms with Crippen molar-refractivity contribution in [3.8, 4) is 0 Å². The molecule has 2 nitrogen and oxygen atoms in total. The van der Waals surface area contributed by atoms with E-state index in [1.165, 1.54) is 0 Å². The highest BCUT2D eigenvalue weighted by Crippen LogP contribution is 2.26. The quantitative estimate of drug-likeness (QED) is 0.830. The molecule has 2 atom stereocenters. The van der Waals surface area contributed by atoms with E-state index >= 15 is 0 Å². The van der Waals surface area contributed by atoms with Gasteiger partial charge in [-0.15, -0.1) is 0 Å². The van der Waals surface area contributed by atoms with E-state index in [1.54, 1.807) is 12.1 Å². The second-order valence-corrected chi connectivity index (χ2v) is 4.59. The van der Waals surface area contributed by atoms with Crippen molar-refractivity contribution in [2.45, 2.75) is 25.4 Å².